The van der Waals surface area contributed by atoms with E-state index >= 15 is 0 Å². The molecule has 0 unspecified atom stereocenters. The number of hydrogen-bond acceptors (Lipinski definition) is 3. The number of hydrogen-bond donors (Lipinski definition) is 0. The quantitative estimate of drug-likeness (QED) is 0.825. The van der Waals surface area contributed by atoms with Gasteiger partial charge in [-0.25, -0.2) is 4.39 Å². The lowest BCUT2D eigenvalue weighted by molar-refractivity contribution is 0.404. The average Bonchev–Trinajstić information content (AvgIpc) is 2.70. The lowest BCUT2D eigenvalue weighted by Gasteiger charge is -2.00. The monoisotopic (exact) mass is 238 g/mol. The van der Waals surface area contributed by atoms with Gasteiger partial charge < -0.3 is 4.52 Å². The summed E-state index contributed by atoms with van der Waals surface area (Å²) in [6.07, 6.45) is 1.86. The Morgan fingerprint density at radius 2 is 2.31 bits per heavy atom. The van der Waals surface area contributed by atoms with Crippen molar-refractivity contribution in [1.29, 1.82) is 0 Å². The number of nitrogens with zero attached hydrogens (tertiary/aromatic N) is 2. The standard InChI is InChI=1S/C11H8ClFN2O/c1-2-11-14-10(15-16-11)5-7-3-4-8(13)6-9(7)12/h2-4,6H,1,5H2. The van der Waals surface area contributed by atoms with E-state index in [1.165, 1.54) is 18.2 Å². The highest BCUT2D eigenvalue weighted by molar-refractivity contribution is 6.31. The molecule has 0 atom stereocenters. The zero-order valence-electron chi connectivity index (χ0n) is 8.28. The van der Waals surface area contributed by atoms with Crippen LogP contribution < -0.4 is 0 Å². The third-order valence-corrected chi connectivity index (χ3v) is 2.37. The fraction of sp³-hybridized carbons (Fsp3) is 0.0909. The van der Waals surface area contributed by atoms with Crippen LogP contribution in [0.2, 0.25) is 5.02 Å². The van der Waals surface area contributed by atoms with Crippen LogP contribution in [0.4, 0.5) is 4.39 Å². The molecule has 1 aromatic heterocycles. The summed E-state index contributed by atoms with van der Waals surface area (Å²) in [5.41, 5.74) is 0.750. The summed E-state index contributed by atoms with van der Waals surface area (Å²) in [4.78, 5) is 4.04. The molecule has 0 fully saturated rings. The van der Waals surface area contributed by atoms with E-state index in [1.807, 2.05) is 0 Å². The minimum Gasteiger partial charge on any atom is -0.335 e. The van der Waals surface area contributed by atoms with Gasteiger partial charge in [0.05, 0.1) is 0 Å². The number of benzene rings is 1. The zero-order valence-corrected chi connectivity index (χ0v) is 9.04. The van der Waals surface area contributed by atoms with E-state index in [-0.39, 0.29) is 5.82 Å². The van der Waals surface area contributed by atoms with Crippen molar-refractivity contribution in [3.63, 3.8) is 0 Å². The Hall–Kier alpha value is -1.68. The largest absolute Gasteiger partial charge is 0.335 e. The highest BCUT2D eigenvalue weighted by Gasteiger charge is 2.08. The van der Waals surface area contributed by atoms with E-state index in [0.29, 0.717) is 23.2 Å². The van der Waals surface area contributed by atoms with Crippen molar-refractivity contribution in [2.45, 2.75) is 6.42 Å². The second kappa shape index (κ2) is 4.45. The van der Waals surface area contributed by atoms with Gasteiger partial charge in [-0.2, -0.15) is 4.98 Å². The van der Waals surface area contributed by atoms with Crippen LogP contribution in [0.15, 0.2) is 29.3 Å². The topological polar surface area (TPSA) is 38.9 Å². The molecule has 0 radical (unpaired) electrons. The van der Waals surface area contributed by atoms with Crippen molar-refractivity contribution in [3.05, 3.63) is 52.9 Å². The van der Waals surface area contributed by atoms with Gasteiger partial charge in [0.15, 0.2) is 5.82 Å². The van der Waals surface area contributed by atoms with Gasteiger partial charge in [-0.15, -0.1) is 0 Å². The summed E-state index contributed by atoms with van der Waals surface area (Å²) in [5, 5.41) is 4.09. The lowest BCUT2D eigenvalue weighted by Crippen LogP contribution is -1.92. The van der Waals surface area contributed by atoms with Crippen molar-refractivity contribution >= 4 is 17.7 Å². The maximum absolute atomic E-state index is 12.8. The lowest BCUT2D eigenvalue weighted by atomic mass is 10.1. The highest BCUT2D eigenvalue weighted by atomic mass is 35.5. The molecule has 0 N–H and O–H groups in total. The number of rotatable bonds is 3. The second-order valence-electron chi connectivity index (χ2n) is 3.17. The summed E-state index contributed by atoms with van der Waals surface area (Å²) < 4.78 is 17.7. The first-order valence-electron chi connectivity index (χ1n) is 4.58. The van der Waals surface area contributed by atoms with Crippen molar-refractivity contribution in [2.24, 2.45) is 0 Å². The van der Waals surface area contributed by atoms with Crippen LogP contribution in [0.3, 0.4) is 0 Å². The fourth-order valence-electron chi connectivity index (χ4n) is 1.26. The maximum atomic E-state index is 12.8. The van der Waals surface area contributed by atoms with E-state index in [0.717, 1.165) is 5.56 Å². The van der Waals surface area contributed by atoms with Crippen molar-refractivity contribution in [1.82, 2.24) is 10.1 Å². The maximum Gasteiger partial charge on any atom is 0.250 e. The first kappa shape index (κ1) is 10.8. The Morgan fingerprint density at radius 1 is 1.50 bits per heavy atom. The van der Waals surface area contributed by atoms with Crippen molar-refractivity contribution < 1.29 is 8.91 Å². The molecule has 3 nitrogen and oxygen atoms in total. The second-order valence-corrected chi connectivity index (χ2v) is 3.57. The van der Waals surface area contributed by atoms with Crippen molar-refractivity contribution in [3.8, 4) is 0 Å². The first-order valence-corrected chi connectivity index (χ1v) is 4.96. The zero-order chi connectivity index (χ0) is 11.5. The van der Waals surface area contributed by atoms with Gasteiger partial charge in [0, 0.05) is 11.4 Å². The Balaban J connectivity index is 2.23. The predicted octanol–water partition coefficient (Wildman–Crippen LogP) is 3.10. The third kappa shape index (κ3) is 2.28. The third-order valence-electron chi connectivity index (χ3n) is 2.02. The Labute approximate surface area is 96.5 Å². The van der Waals surface area contributed by atoms with Gasteiger partial charge >= 0.3 is 0 Å². The molecule has 1 heterocycles. The predicted molar refractivity (Wildman–Crippen MR) is 58.6 cm³/mol. The van der Waals surface area contributed by atoms with Crippen LogP contribution in [-0.4, -0.2) is 10.1 Å². The van der Waals surface area contributed by atoms with Gasteiger partial charge in [-0.1, -0.05) is 29.4 Å². The summed E-state index contributed by atoms with van der Waals surface area (Å²) in [5.74, 6) is 0.477. The molecular formula is C11H8ClFN2O. The molecule has 0 aliphatic rings. The van der Waals surface area contributed by atoms with Crippen molar-refractivity contribution in [2.75, 3.05) is 0 Å². The first-order chi connectivity index (χ1) is 7.69. The molecular weight excluding hydrogens is 231 g/mol. The molecule has 2 aromatic rings. The number of aromatic nitrogens is 2. The average molecular weight is 239 g/mol. The van der Waals surface area contributed by atoms with Gasteiger partial charge in [0.25, 0.3) is 0 Å². The Kier molecular flexibility index (Phi) is 3.01. The summed E-state index contributed by atoms with van der Waals surface area (Å²) >= 11 is 5.87. The summed E-state index contributed by atoms with van der Waals surface area (Å²) in [6, 6.07) is 4.20. The molecule has 16 heavy (non-hydrogen) atoms. The molecule has 5 heteroatoms. The molecule has 0 saturated heterocycles. The molecule has 0 aliphatic heterocycles. The minimum atomic E-state index is -0.367. The van der Waals surface area contributed by atoms with E-state index in [9.17, 15) is 4.39 Å². The van der Waals surface area contributed by atoms with Crippen LogP contribution in [0.5, 0.6) is 0 Å². The van der Waals surface area contributed by atoms with Crippen LogP contribution in [0.1, 0.15) is 17.3 Å². The number of halogens is 2. The SMILES string of the molecule is C=Cc1nc(Cc2ccc(F)cc2Cl)no1. The molecule has 0 aliphatic carbocycles. The molecule has 82 valence electrons. The molecule has 0 saturated carbocycles. The fourth-order valence-corrected chi connectivity index (χ4v) is 1.49. The van der Waals surface area contributed by atoms with Gasteiger partial charge in [-0.05, 0) is 23.8 Å². The summed E-state index contributed by atoms with van der Waals surface area (Å²) in [7, 11) is 0. The molecule has 2 rings (SSSR count). The molecule has 0 amide bonds. The Bertz CT molecular complexity index is 524. The summed E-state index contributed by atoms with van der Waals surface area (Å²) in [6.45, 7) is 3.51. The van der Waals surface area contributed by atoms with Gasteiger partial charge in [0.2, 0.25) is 5.89 Å². The van der Waals surface area contributed by atoms with E-state index in [2.05, 4.69) is 16.7 Å². The molecule has 0 bridgehead atoms. The molecule has 0 spiro atoms. The Morgan fingerprint density at radius 3 is 2.94 bits per heavy atom. The minimum absolute atomic E-state index is 0.352. The van der Waals surface area contributed by atoms with Crippen LogP contribution in [0.25, 0.3) is 6.08 Å². The smallest absolute Gasteiger partial charge is 0.250 e. The van der Waals surface area contributed by atoms with Crippen LogP contribution >= 0.6 is 11.6 Å². The normalized spacial score (nSPS) is 10.4. The van der Waals surface area contributed by atoms with E-state index in [4.69, 9.17) is 16.1 Å². The van der Waals surface area contributed by atoms with Gasteiger partial charge in [0.1, 0.15) is 5.82 Å². The van der Waals surface area contributed by atoms with Gasteiger partial charge in [-0.3, -0.25) is 0 Å². The highest BCUT2D eigenvalue weighted by Crippen LogP contribution is 2.19. The van der Waals surface area contributed by atoms with Crippen LogP contribution in [0, 0.1) is 5.82 Å². The van der Waals surface area contributed by atoms with E-state index < -0.39 is 0 Å². The van der Waals surface area contributed by atoms with E-state index in [1.54, 1.807) is 6.07 Å². The molecule has 1 aromatic carbocycles. The van der Waals surface area contributed by atoms with Crippen LogP contribution in [-0.2, 0) is 6.42 Å².